The summed E-state index contributed by atoms with van der Waals surface area (Å²) >= 11 is 3.31. The zero-order valence-electron chi connectivity index (χ0n) is 10.5. The van der Waals surface area contributed by atoms with Crippen molar-refractivity contribution in [3.63, 3.8) is 0 Å². The summed E-state index contributed by atoms with van der Waals surface area (Å²) in [6, 6.07) is 4.02. The lowest BCUT2D eigenvalue weighted by Gasteiger charge is -2.14. The molecule has 0 saturated heterocycles. The third kappa shape index (κ3) is 4.27. The molecule has 0 aliphatic heterocycles. The van der Waals surface area contributed by atoms with Gasteiger partial charge in [0.25, 0.3) is 0 Å². The summed E-state index contributed by atoms with van der Waals surface area (Å²) in [6.45, 7) is 0. The first kappa shape index (κ1) is 17.1. The third-order valence-corrected chi connectivity index (χ3v) is 3.08. The lowest BCUT2D eigenvalue weighted by atomic mass is 10.2. The molecule has 0 spiro atoms. The van der Waals surface area contributed by atoms with Crippen LogP contribution in [0.5, 0.6) is 0 Å². The van der Waals surface area contributed by atoms with Gasteiger partial charge in [0.2, 0.25) is 0 Å². The Labute approximate surface area is 133 Å². The number of aliphatic carboxylic acids is 2. The Morgan fingerprint density at radius 2 is 2.00 bits per heavy atom. The second-order valence-corrected chi connectivity index (χ2v) is 4.93. The van der Waals surface area contributed by atoms with Gasteiger partial charge in [-0.2, -0.15) is 0 Å². The highest BCUT2D eigenvalue weighted by atomic mass is 79.9. The van der Waals surface area contributed by atoms with Crippen molar-refractivity contribution in [2.24, 2.45) is 0 Å². The highest BCUT2D eigenvalue weighted by Gasteiger charge is 2.22. The van der Waals surface area contributed by atoms with Gasteiger partial charge in [-0.05, 0) is 18.2 Å². The van der Waals surface area contributed by atoms with Gasteiger partial charge in [-0.1, -0.05) is 15.9 Å². The van der Waals surface area contributed by atoms with E-state index in [1.807, 2.05) is 0 Å². The van der Waals surface area contributed by atoms with Crippen molar-refractivity contribution in [2.75, 3.05) is 5.32 Å². The number of carbonyl (C=O) groups is 2. The summed E-state index contributed by atoms with van der Waals surface area (Å²) in [4.78, 5) is 29.8. The summed E-state index contributed by atoms with van der Waals surface area (Å²) in [7, 11) is 0. The van der Waals surface area contributed by atoms with Crippen LogP contribution < -0.4 is 5.32 Å². The molecule has 2 rings (SSSR count). The fourth-order valence-corrected chi connectivity index (χ4v) is 2.04. The van der Waals surface area contributed by atoms with Crippen LogP contribution in [0.2, 0.25) is 0 Å². The number of halogens is 2. The van der Waals surface area contributed by atoms with Crippen molar-refractivity contribution in [1.29, 1.82) is 0 Å². The fraction of sp³-hybridized carbons (Fsp3) is 0.167. The number of anilines is 1. The molecule has 3 N–H and O–H groups in total. The van der Waals surface area contributed by atoms with Crippen LogP contribution in [0.4, 0.5) is 5.82 Å². The summed E-state index contributed by atoms with van der Waals surface area (Å²) in [5.74, 6) is -2.18. The Morgan fingerprint density at radius 3 is 2.62 bits per heavy atom. The molecular formula is C12H11BrClN3O4. The summed E-state index contributed by atoms with van der Waals surface area (Å²) < 4.78 is 0.785. The molecule has 0 fully saturated rings. The minimum Gasteiger partial charge on any atom is -0.481 e. The predicted molar refractivity (Wildman–Crippen MR) is 81.8 cm³/mol. The van der Waals surface area contributed by atoms with Gasteiger partial charge >= 0.3 is 11.9 Å². The third-order valence-electron chi connectivity index (χ3n) is 2.59. The molecule has 1 atom stereocenters. The van der Waals surface area contributed by atoms with Crippen LogP contribution in [0.3, 0.4) is 0 Å². The van der Waals surface area contributed by atoms with Gasteiger partial charge in [0.05, 0.1) is 11.9 Å². The highest BCUT2D eigenvalue weighted by Crippen LogP contribution is 2.24. The summed E-state index contributed by atoms with van der Waals surface area (Å²) in [5.41, 5.74) is 0.630. The molecule has 1 heterocycles. The largest absolute Gasteiger partial charge is 0.481 e. The van der Waals surface area contributed by atoms with Gasteiger partial charge in [0, 0.05) is 9.86 Å². The molecule has 0 amide bonds. The van der Waals surface area contributed by atoms with Crippen LogP contribution in [-0.4, -0.2) is 38.2 Å². The van der Waals surface area contributed by atoms with E-state index in [0.29, 0.717) is 10.9 Å². The Hall–Kier alpha value is -1.93. The highest BCUT2D eigenvalue weighted by molar-refractivity contribution is 9.10. The zero-order chi connectivity index (χ0) is 14.7. The number of benzene rings is 1. The van der Waals surface area contributed by atoms with Crippen LogP contribution in [0.25, 0.3) is 10.9 Å². The maximum absolute atomic E-state index is 11.1. The average molecular weight is 377 g/mol. The van der Waals surface area contributed by atoms with E-state index in [-0.39, 0.29) is 18.2 Å². The first-order valence-electron chi connectivity index (χ1n) is 5.59. The van der Waals surface area contributed by atoms with Crippen LogP contribution in [0.1, 0.15) is 6.42 Å². The molecule has 112 valence electrons. The van der Waals surface area contributed by atoms with Gasteiger partial charge in [-0.25, -0.2) is 14.8 Å². The van der Waals surface area contributed by atoms with Crippen molar-refractivity contribution < 1.29 is 19.8 Å². The SMILES string of the molecule is Cl.O=C(O)CC(Nc1ncnc2ccc(Br)cc12)C(=O)O. The van der Waals surface area contributed by atoms with Gasteiger partial charge in [0.15, 0.2) is 0 Å². The lowest BCUT2D eigenvalue weighted by molar-refractivity contribution is -0.144. The zero-order valence-corrected chi connectivity index (χ0v) is 12.9. The number of carboxylic acid groups (broad SMARTS) is 2. The number of hydrogen-bond acceptors (Lipinski definition) is 5. The molecule has 0 aliphatic carbocycles. The van der Waals surface area contributed by atoms with E-state index in [4.69, 9.17) is 10.2 Å². The number of carboxylic acids is 2. The quantitative estimate of drug-likeness (QED) is 0.733. The van der Waals surface area contributed by atoms with Gasteiger partial charge < -0.3 is 15.5 Å². The smallest absolute Gasteiger partial charge is 0.326 e. The first-order chi connectivity index (χ1) is 9.47. The van der Waals surface area contributed by atoms with Crippen LogP contribution >= 0.6 is 28.3 Å². The van der Waals surface area contributed by atoms with Crippen LogP contribution in [0.15, 0.2) is 29.0 Å². The summed E-state index contributed by atoms with van der Waals surface area (Å²) in [6.07, 6.45) is 0.743. The maximum atomic E-state index is 11.1. The molecule has 0 saturated carbocycles. The van der Waals surface area contributed by atoms with E-state index in [1.54, 1.807) is 18.2 Å². The molecule has 2 aromatic rings. The van der Waals surface area contributed by atoms with Crippen molar-refractivity contribution in [1.82, 2.24) is 9.97 Å². The molecule has 21 heavy (non-hydrogen) atoms. The molecule has 0 bridgehead atoms. The second kappa shape index (κ2) is 7.19. The Bertz CT molecular complexity index is 683. The normalized spacial score (nSPS) is 11.5. The van der Waals surface area contributed by atoms with E-state index < -0.39 is 24.4 Å². The number of hydrogen-bond donors (Lipinski definition) is 3. The number of aromatic nitrogens is 2. The first-order valence-corrected chi connectivity index (χ1v) is 6.38. The minimum atomic E-state index is -1.26. The van der Waals surface area contributed by atoms with Crippen LogP contribution in [0, 0.1) is 0 Å². The minimum absolute atomic E-state index is 0. The fourth-order valence-electron chi connectivity index (χ4n) is 1.68. The van der Waals surface area contributed by atoms with Crippen LogP contribution in [-0.2, 0) is 9.59 Å². The number of rotatable bonds is 5. The van der Waals surface area contributed by atoms with Gasteiger partial charge in [0.1, 0.15) is 18.2 Å². The monoisotopic (exact) mass is 375 g/mol. The van der Waals surface area contributed by atoms with Gasteiger partial charge in [-0.3, -0.25) is 4.79 Å². The van der Waals surface area contributed by atoms with E-state index in [0.717, 1.165) is 4.47 Å². The molecule has 0 aliphatic rings. The van der Waals surface area contributed by atoms with Crippen molar-refractivity contribution in [3.8, 4) is 0 Å². The van der Waals surface area contributed by atoms with Crippen molar-refractivity contribution >= 4 is 57.0 Å². The van der Waals surface area contributed by atoms with E-state index >= 15 is 0 Å². The molecule has 9 heteroatoms. The molecule has 1 aromatic carbocycles. The molecule has 0 radical (unpaired) electrons. The second-order valence-electron chi connectivity index (χ2n) is 4.02. The van der Waals surface area contributed by atoms with Gasteiger partial charge in [-0.15, -0.1) is 12.4 Å². The van der Waals surface area contributed by atoms with Crippen molar-refractivity contribution in [2.45, 2.75) is 12.5 Å². The number of nitrogens with one attached hydrogen (secondary N) is 1. The Kier molecular flexibility index (Phi) is 5.86. The Morgan fingerprint density at radius 1 is 1.29 bits per heavy atom. The summed E-state index contributed by atoms with van der Waals surface area (Å²) in [5, 5.41) is 21.0. The van der Waals surface area contributed by atoms with Crippen molar-refractivity contribution in [3.05, 3.63) is 29.0 Å². The van der Waals surface area contributed by atoms with E-state index in [9.17, 15) is 9.59 Å². The number of fused-ring (bicyclic) bond motifs is 1. The predicted octanol–water partition coefficient (Wildman–Crippen LogP) is 2.15. The lowest BCUT2D eigenvalue weighted by Crippen LogP contribution is -2.32. The average Bonchev–Trinajstić information content (AvgIpc) is 2.38. The standard InChI is InChI=1S/C12H10BrN3O4.ClH/c13-6-1-2-8-7(3-6)11(15-5-14-8)16-9(12(19)20)4-10(17)18;/h1-3,5,9H,4H2,(H,17,18)(H,19,20)(H,14,15,16);1H. The molecule has 1 aromatic heterocycles. The topological polar surface area (TPSA) is 112 Å². The van der Waals surface area contributed by atoms with E-state index in [1.165, 1.54) is 6.33 Å². The molecule has 7 nitrogen and oxygen atoms in total. The Balaban J connectivity index is 0.00000220. The maximum Gasteiger partial charge on any atom is 0.326 e. The number of nitrogens with zero attached hydrogens (tertiary/aromatic N) is 2. The molecular weight excluding hydrogens is 366 g/mol. The molecule has 1 unspecified atom stereocenters. The van der Waals surface area contributed by atoms with E-state index in [2.05, 4.69) is 31.2 Å².